The minimum absolute atomic E-state index is 0.154. The molecule has 0 aromatic carbocycles. The highest BCUT2D eigenvalue weighted by atomic mass is 16.8. The Morgan fingerprint density at radius 2 is 1.31 bits per heavy atom. The van der Waals surface area contributed by atoms with Crippen LogP contribution in [0, 0.1) is 50.7 Å². The van der Waals surface area contributed by atoms with E-state index in [9.17, 15) is 61.0 Å². The zero-order valence-corrected chi connectivity index (χ0v) is 38.8. The number of aliphatic hydroxyl groups is 11. The molecule has 0 aromatic rings. The number of ether oxygens (including phenoxy) is 6. The van der Waals surface area contributed by atoms with Crippen LogP contribution in [0.4, 0.5) is 0 Å². The fourth-order valence-corrected chi connectivity index (χ4v) is 15.0. The first-order chi connectivity index (χ1) is 30.3. The largest absolute Gasteiger partial charge is 0.432 e. The van der Waals surface area contributed by atoms with E-state index in [1.54, 1.807) is 0 Å². The van der Waals surface area contributed by atoms with E-state index in [-0.39, 0.29) is 35.2 Å². The fraction of sp³-hybridized carbons (Fsp3) is 0.936. The first kappa shape index (κ1) is 50.0. The van der Waals surface area contributed by atoms with Gasteiger partial charge in [0.05, 0.1) is 36.9 Å². The van der Waals surface area contributed by atoms with E-state index in [2.05, 4.69) is 40.7 Å². The number of carbonyl (C=O) groups is 1. The van der Waals surface area contributed by atoms with E-state index in [4.69, 9.17) is 28.4 Å². The van der Waals surface area contributed by atoms with E-state index in [0.717, 1.165) is 24.8 Å². The summed E-state index contributed by atoms with van der Waals surface area (Å²) in [4.78, 5) is 14.7. The van der Waals surface area contributed by atoms with Crippen LogP contribution in [0.5, 0.6) is 0 Å². The summed E-state index contributed by atoms with van der Waals surface area (Å²) in [6.45, 7) is 13.7. The number of esters is 1. The highest BCUT2D eigenvalue weighted by Crippen LogP contribution is 2.76. The zero-order chi connectivity index (χ0) is 47.6. The first-order valence-corrected chi connectivity index (χ1v) is 23.9. The van der Waals surface area contributed by atoms with Crippen LogP contribution in [0.3, 0.4) is 0 Å². The standard InChI is InChI=1S/C47H76O18/c1-21-10-15-47(41(58)65-39-35(57)33(55)31(53)25(19-49)62-39)17-16-44(5)22(37(47)46(21,7)59)8-9-27-43(4)13-12-28(42(2,3)26(43)11-14-45(27,44)6)63-40-36(29(51)23(50)20-60-40)64-38-34(56)32(54)30(52)24(18-48)61-38/h8,21,23-40,48-57,59H,9-20H2,1-7H3/t21-,23-,24+,25+,26-,27+,28-,29-,30+,31+,32-,33-,34+,35+,36+,37+,38-,39-,40-,43-,44+,45+,46+,47-/m0/s1. The third-order valence-corrected chi connectivity index (χ3v) is 19.3. The Labute approximate surface area is 380 Å². The second-order valence-electron chi connectivity index (χ2n) is 22.7. The van der Waals surface area contributed by atoms with Gasteiger partial charge in [0.1, 0.15) is 67.1 Å². The Balaban J connectivity index is 1.05. The third kappa shape index (κ3) is 7.53. The maximum absolute atomic E-state index is 14.7. The number of allylic oxidation sites excluding steroid dienone is 1. The summed E-state index contributed by atoms with van der Waals surface area (Å²) in [5.41, 5.74) is -2.75. The smallest absolute Gasteiger partial charge is 0.315 e. The maximum atomic E-state index is 14.7. The summed E-state index contributed by atoms with van der Waals surface area (Å²) < 4.78 is 35.9. The minimum Gasteiger partial charge on any atom is -0.432 e. The number of hydrogen-bond donors (Lipinski definition) is 11. The number of hydrogen-bond acceptors (Lipinski definition) is 18. The van der Waals surface area contributed by atoms with Crippen LogP contribution in [0.2, 0.25) is 0 Å². The molecule has 8 rings (SSSR count). The Hall–Kier alpha value is -1.43. The Morgan fingerprint density at radius 3 is 1.94 bits per heavy atom. The molecular formula is C47H76O18. The summed E-state index contributed by atoms with van der Waals surface area (Å²) in [6.07, 6.45) is -13.6. The van der Waals surface area contributed by atoms with Gasteiger partial charge in [-0.1, -0.05) is 53.2 Å². The van der Waals surface area contributed by atoms with Crippen molar-refractivity contribution >= 4 is 5.97 Å². The highest BCUT2D eigenvalue weighted by molar-refractivity contribution is 5.79. The molecule has 11 N–H and O–H groups in total. The van der Waals surface area contributed by atoms with Crippen molar-refractivity contribution in [3.8, 4) is 0 Å². The van der Waals surface area contributed by atoms with Crippen LogP contribution >= 0.6 is 0 Å². The molecule has 8 aliphatic rings. The van der Waals surface area contributed by atoms with Gasteiger partial charge in [-0.3, -0.25) is 4.79 Å². The van der Waals surface area contributed by atoms with E-state index in [0.29, 0.717) is 38.5 Å². The molecule has 18 nitrogen and oxygen atoms in total. The molecule has 3 heterocycles. The molecule has 24 atom stereocenters. The second-order valence-corrected chi connectivity index (χ2v) is 22.7. The molecular weight excluding hydrogens is 852 g/mol. The van der Waals surface area contributed by atoms with Gasteiger partial charge in [-0.25, -0.2) is 0 Å². The van der Waals surface area contributed by atoms with Crippen molar-refractivity contribution in [3.63, 3.8) is 0 Å². The predicted octanol–water partition coefficient (Wildman–Crippen LogP) is -0.250. The van der Waals surface area contributed by atoms with Crippen LogP contribution in [0.15, 0.2) is 11.6 Å². The zero-order valence-electron chi connectivity index (χ0n) is 38.8. The molecule has 372 valence electrons. The van der Waals surface area contributed by atoms with Crippen molar-refractivity contribution < 1.29 is 89.4 Å². The van der Waals surface area contributed by atoms with Gasteiger partial charge in [0, 0.05) is 5.92 Å². The number of carbonyl (C=O) groups excluding carboxylic acids is 1. The van der Waals surface area contributed by atoms with Crippen LogP contribution in [0.25, 0.3) is 0 Å². The summed E-state index contributed by atoms with van der Waals surface area (Å²) in [6, 6.07) is 0. The fourth-order valence-electron chi connectivity index (χ4n) is 15.0. The van der Waals surface area contributed by atoms with E-state index in [1.165, 1.54) is 0 Å². The second kappa shape index (κ2) is 17.5. The summed E-state index contributed by atoms with van der Waals surface area (Å²) in [7, 11) is 0. The Kier molecular flexibility index (Phi) is 13.4. The van der Waals surface area contributed by atoms with Gasteiger partial charge in [-0.15, -0.1) is 0 Å². The molecule has 3 aliphatic heterocycles. The van der Waals surface area contributed by atoms with Crippen LogP contribution in [0.1, 0.15) is 106 Å². The average Bonchev–Trinajstić information content (AvgIpc) is 3.25. The lowest BCUT2D eigenvalue weighted by atomic mass is 9.33. The lowest BCUT2D eigenvalue weighted by Gasteiger charge is -2.72. The van der Waals surface area contributed by atoms with Crippen molar-refractivity contribution in [1.82, 2.24) is 0 Å². The number of aliphatic hydroxyl groups excluding tert-OH is 10. The monoisotopic (exact) mass is 929 g/mol. The first-order valence-electron chi connectivity index (χ1n) is 23.9. The summed E-state index contributed by atoms with van der Waals surface area (Å²) in [5.74, 6) is -1.06. The third-order valence-electron chi connectivity index (χ3n) is 19.3. The van der Waals surface area contributed by atoms with Gasteiger partial charge >= 0.3 is 5.97 Å². The topological polar surface area (TPSA) is 295 Å². The molecule has 0 radical (unpaired) electrons. The van der Waals surface area contributed by atoms with Crippen LogP contribution in [-0.4, -0.2) is 180 Å². The molecule has 18 heteroatoms. The van der Waals surface area contributed by atoms with Crippen molar-refractivity contribution in [2.75, 3.05) is 19.8 Å². The van der Waals surface area contributed by atoms with Crippen molar-refractivity contribution in [2.24, 2.45) is 50.7 Å². The molecule has 0 unspecified atom stereocenters. The molecule has 0 spiro atoms. The number of fused-ring (bicyclic) bond motifs is 7. The van der Waals surface area contributed by atoms with E-state index in [1.807, 2.05) is 13.8 Å². The van der Waals surface area contributed by atoms with Crippen molar-refractivity contribution in [3.05, 3.63) is 11.6 Å². The molecule has 4 saturated carbocycles. The molecule has 3 saturated heterocycles. The molecule has 7 fully saturated rings. The highest BCUT2D eigenvalue weighted by Gasteiger charge is 2.72. The summed E-state index contributed by atoms with van der Waals surface area (Å²) >= 11 is 0. The van der Waals surface area contributed by atoms with Crippen molar-refractivity contribution in [1.29, 1.82) is 0 Å². The van der Waals surface area contributed by atoms with Crippen LogP contribution < -0.4 is 0 Å². The maximum Gasteiger partial charge on any atom is 0.315 e. The van der Waals surface area contributed by atoms with Crippen molar-refractivity contribution in [2.45, 2.75) is 204 Å². The van der Waals surface area contributed by atoms with Gasteiger partial charge in [0.2, 0.25) is 6.29 Å². The Morgan fingerprint density at radius 1 is 0.692 bits per heavy atom. The van der Waals surface area contributed by atoms with Gasteiger partial charge in [-0.05, 0) is 104 Å². The average molecular weight is 929 g/mol. The summed E-state index contributed by atoms with van der Waals surface area (Å²) in [5, 5.41) is 117. The van der Waals surface area contributed by atoms with Gasteiger partial charge in [0.25, 0.3) is 0 Å². The number of rotatable bonds is 8. The van der Waals surface area contributed by atoms with Gasteiger partial charge in [-0.2, -0.15) is 0 Å². The quantitative estimate of drug-likeness (QED) is 0.0850. The SMILES string of the molecule is C[C@H]1CC[C@]2(C(=O)O[C@@H]3O[C@H](CO)[C@@H](O)[C@H](O)[C@H]3O)CC[C@]3(C)C(=CC[C@@H]4[C@@]5(C)CC[C@H](O[C@@H]6OC[C@H](O)[C@H](O)[C@H]6O[C@@H]6O[C@H](CO)[C@@H](O)[C@H](O)[C@H]6O)C(C)(C)[C@@H]5CC[C@]43C)[C@@H]2[C@]1(C)O. The molecule has 65 heavy (non-hydrogen) atoms. The van der Waals surface area contributed by atoms with Gasteiger partial charge < -0.3 is 84.6 Å². The van der Waals surface area contributed by atoms with Gasteiger partial charge in [0.15, 0.2) is 12.6 Å². The molecule has 5 aliphatic carbocycles. The lowest BCUT2D eigenvalue weighted by Crippen LogP contribution is -2.68. The minimum atomic E-state index is -1.75. The molecule has 0 aromatic heterocycles. The van der Waals surface area contributed by atoms with E-state index < -0.39 is 139 Å². The predicted molar refractivity (Wildman–Crippen MR) is 226 cm³/mol. The lowest BCUT2D eigenvalue weighted by molar-refractivity contribution is -0.367. The Bertz CT molecular complexity index is 1770. The van der Waals surface area contributed by atoms with E-state index >= 15 is 0 Å². The molecule has 0 amide bonds. The normalized spacial score (nSPS) is 55.4. The van der Waals surface area contributed by atoms with Crippen LogP contribution in [-0.2, 0) is 33.2 Å². The molecule has 0 bridgehead atoms.